The highest BCUT2D eigenvalue weighted by Gasteiger charge is 2.14. The highest BCUT2D eigenvalue weighted by molar-refractivity contribution is 5.44. The molecule has 1 aromatic rings. The molecule has 1 unspecified atom stereocenters. The molecule has 0 saturated heterocycles. The van der Waals surface area contributed by atoms with Gasteiger partial charge in [0.25, 0.3) is 0 Å². The van der Waals surface area contributed by atoms with Crippen molar-refractivity contribution in [2.75, 3.05) is 40.4 Å². The standard InChI is InChI=1S/C15H24N2O2/c1-12(16-7-4-8-17(2)3)13-5-6-14-15(11-13)19-10-9-18-14/h5-6,11-12,16H,4,7-10H2,1-3H3. The predicted molar refractivity (Wildman–Crippen MR) is 77.0 cm³/mol. The fourth-order valence-corrected chi connectivity index (χ4v) is 2.16. The highest BCUT2D eigenvalue weighted by atomic mass is 16.6. The van der Waals surface area contributed by atoms with Crippen LogP contribution in [0.5, 0.6) is 11.5 Å². The maximum absolute atomic E-state index is 5.61. The number of nitrogens with one attached hydrogen (secondary N) is 1. The SMILES string of the molecule is CC(NCCCN(C)C)c1ccc2c(c1)OCCO2. The zero-order chi connectivity index (χ0) is 13.7. The summed E-state index contributed by atoms with van der Waals surface area (Å²) in [4.78, 5) is 2.20. The van der Waals surface area contributed by atoms with E-state index in [4.69, 9.17) is 9.47 Å². The lowest BCUT2D eigenvalue weighted by molar-refractivity contribution is 0.171. The van der Waals surface area contributed by atoms with E-state index in [1.165, 1.54) is 5.56 Å². The second kappa shape index (κ2) is 6.78. The summed E-state index contributed by atoms with van der Waals surface area (Å²) < 4.78 is 11.1. The fraction of sp³-hybridized carbons (Fsp3) is 0.600. The van der Waals surface area contributed by atoms with Crippen LogP contribution in [0.25, 0.3) is 0 Å². The molecule has 0 aromatic heterocycles. The molecule has 0 saturated carbocycles. The first-order valence-corrected chi connectivity index (χ1v) is 6.94. The molecular formula is C15H24N2O2. The molecule has 0 fully saturated rings. The summed E-state index contributed by atoms with van der Waals surface area (Å²) in [5.74, 6) is 1.72. The third-order valence-electron chi connectivity index (χ3n) is 3.30. The average molecular weight is 264 g/mol. The van der Waals surface area contributed by atoms with Gasteiger partial charge in [-0.2, -0.15) is 0 Å². The summed E-state index contributed by atoms with van der Waals surface area (Å²) in [5.41, 5.74) is 1.24. The Hall–Kier alpha value is -1.26. The molecule has 4 heteroatoms. The smallest absolute Gasteiger partial charge is 0.161 e. The number of rotatable bonds is 6. The maximum atomic E-state index is 5.61. The summed E-state index contributed by atoms with van der Waals surface area (Å²) in [6.07, 6.45) is 1.15. The molecular weight excluding hydrogens is 240 g/mol. The van der Waals surface area contributed by atoms with Crippen molar-refractivity contribution in [3.05, 3.63) is 23.8 Å². The highest BCUT2D eigenvalue weighted by Crippen LogP contribution is 2.32. The minimum atomic E-state index is 0.331. The van der Waals surface area contributed by atoms with Crippen LogP contribution in [0.3, 0.4) is 0 Å². The van der Waals surface area contributed by atoms with Crippen LogP contribution in [0.4, 0.5) is 0 Å². The van der Waals surface area contributed by atoms with Crippen molar-refractivity contribution in [1.82, 2.24) is 10.2 Å². The largest absolute Gasteiger partial charge is 0.486 e. The van der Waals surface area contributed by atoms with E-state index in [-0.39, 0.29) is 0 Å². The Bertz CT molecular complexity index is 407. The van der Waals surface area contributed by atoms with Crippen LogP contribution >= 0.6 is 0 Å². The number of ether oxygens (including phenoxy) is 2. The summed E-state index contributed by atoms with van der Waals surface area (Å²) in [7, 11) is 4.20. The molecule has 106 valence electrons. The molecule has 4 nitrogen and oxygen atoms in total. The third kappa shape index (κ3) is 4.11. The van der Waals surface area contributed by atoms with E-state index in [0.29, 0.717) is 19.3 Å². The Labute approximate surface area is 115 Å². The van der Waals surface area contributed by atoms with E-state index in [1.54, 1.807) is 0 Å². The van der Waals surface area contributed by atoms with Crippen LogP contribution in [-0.2, 0) is 0 Å². The van der Waals surface area contributed by atoms with E-state index in [9.17, 15) is 0 Å². The summed E-state index contributed by atoms with van der Waals surface area (Å²) in [6, 6.07) is 6.52. The van der Waals surface area contributed by atoms with Gasteiger partial charge in [-0.25, -0.2) is 0 Å². The summed E-state index contributed by atoms with van der Waals surface area (Å²) >= 11 is 0. The van der Waals surface area contributed by atoms with Gasteiger partial charge >= 0.3 is 0 Å². The van der Waals surface area contributed by atoms with Crippen molar-refractivity contribution in [2.45, 2.75) is 19.4 Å². The van der Waals surface area contributed by atoms with Crippen LogP contribution in [0, 0.1) is 0 Å². The quantitative estimate of drug-likeness (QED) is 0.797. The van der Waals surface area contributed by atoms with Crippen molar-refractivity contribution >= 4 is 0 Å². The van der Waals surface area contributed by atoms with E-state index < -0.39 is 0 Å². The van der Waals surface area contributed by atoms with Crippen LogP contribution in [-0.4, -0.2) is 45.3 Å². The van der Waals surface area contributed by atoms with Gasteiger partial charge in [0.2, 0.25) is 0 Å². The number of fused-ring (bicyclic) bond motifs is 1. The van der Waals surface area contributed by atoms with Crippen molar-refractivity contribution in [3.63, 3.8) is 0 Å². The van der Waals surface area contributed by atoms with Gasteiger partial charge in [-0.15, -0.1) is 0 Å². The topological polar surface area (TPSA) is 33.7 Å². The Kier molecular flexibility index (Phi) is 5.05. The van der Waals surface area contributed by atoms with Gasteiger partial charge in [-0.05, 0) is 58.2 Å². The first kappa shape index (κ1) is 14.2. The van der Waals surface area contributed by atoms with E-state index >= 15 is 0 Å². The zero-order valence-electron chi connectivity index (χ0n) is 12.1. The Morgan fingerprint density at radius 3 is 2.68 bits per heavy atom. The normalized spacial score (nSPS) is 15.6. The second-order valence-corrected chi connectivity index (χ2v) is 5.24. The van der Waals surface area contributed by atoms with E-state index in [0.717, 1.165) is 31.0 Å². The molecule has 19 heavy (non-hydrogen) atoms. The minimum Gasteiger partial charge on any atom is -0.486 e. The molecule has 0 bridgehead atoms. The number of hydrogen-bond acceptors (Lipinski definition) is 4. The first-order valence-electron chi connectivity index (χ1n) is 6.94. The lowest BCUT2D eigenvalue weighted by atomic mass is 10.1. The monoisotopic (exact) mass is 264 g/mol. The van der Waals surface area contributed by atoms with Crippen LogP contribution in [0.2, 0.25) is 0 Å². The summed E-state index contributed by atoms with van der Waals surface area (Å²) in [5, 5.41) is 3.54. The van der Waals surface area contributed by atoms with E-state index in [2.05, 4.69) is 43.4 Å². The van der Waals surface area contributed by atoms with Gasteiger partial charge < -0.3 is 19.7 Å². The predicted octanol–water partition coefficient (Wildman–Crippen LogP) is 2.06. The van der Waals surface area contributed by atoms with Gasteiger partial charge in [0.1, 0.15) is 13.2 Å². The number of hydrogen-bond donors (Lipinski definition) is 1. The third-order valence-corrected chi connectivity index (χ3v) is 3.30. The molecule has 0 aliphatic carbocycles. The summed E-state index contributed by atoms with van der Waals surface area (Å²) in [6.45, 7) is 5.60. The lowest BCUT2D eigenvalue weighted by Crippen LogP contribution is -2.24. The van der Waals surface area contributed by atoms with Crippen LogP contribution in [0.15, 0.2) is 18.2 Å². The van der Waals surface area contributed by atoms with Gasteiger partial charge in [0.05, 0.1) is 0 Å². The van der Waals surface area contributed by atoms with Gasteiger partial charge in [-0.1, -0.05) is 6.07 Å². The average Bonchev–Trinajstić information content (AvgIpc) is 2.42. The fourth-order valence-electron chi connectivity index (χ4n) is 2.16. The molecule has 1 N–H and O–H groups in total. The van der Waals surface area contributed by atoms with Crippen LogP contribution in [0.1, 0.15) is 24.9 Å². The molecule has 1 heterocycles. The van der Waals surface area contributed by atoms with Gasteiger partial charge in [-0.3, -0.25) is 0 Å². The number of nitrogens with zero attached hydrogens (tertiary/aromatic N) is 1. The van der Waals surface area contributed by atoms with Crippen molar-refractivity contribution in [2.24, 2.45) is 0 Å². The van der Waals surface area contributed by atoms with Crippen molar-refractivity contribution < 1.29 is 9.47 Å². The Balaban J connectivity index is 1.86. The van der Waals surface area contributed by atoms with E-state index in [1.807, 2.05) is 6.07 Å². The molecule has 0 radical (unpaired) electrons. The van der Waals surface area contributed by atoms with Gasteiger partial charge in [0, 0.05) is 6.04 Å². The van der Waals surface area contributed by atoms with Crippen molar-refractivity contribution in [1.29, 1.82) is 0 Å². The molecule has 1 atom stereocenters. The molecule has 1 aromatic carbocycles. The van der Waals surface area contributed by atoms with Crippen LogP contribution < -0.4 is 14.8 Å². The maximum Gasteiger partial charge on any atom is 0.161 e. The lowest BCUT2D eigenvalue weighted by Gasteiger charge is -2.21. The molecule has 0 spiro atoms. The second-order valence-electron chi connectivity index (χ2n) is 5.24. The molecule has 1 aliphatic heterocycles. The molecule has 0 amide bonds. The van der Waals surface area contributed by atoms with Gasteiger partial charge in [0.15, 0.2) is 11.5 Å². The van der Waals surface area contributed by atoms with Crippen molar-refractivity contribution in [3.8, 4) is 11.5 Å². The first-order chi connectivity index (χ1) is 9.16. The molecule has 1 aliphatic rings. The Morgan fingerprint density at radius 2 is 1.95 bits per heavy atom. The zero-order valence-corrected chi connectivity index (χ0v) is 12.1. The number of benzene rings is 1. The molecule has 2 rings (SSSR count). The minimum absolute atomic E-state index is 0.331. The Morgan fingerprint density at radius 1 is 1.21 bits per heavy atom.